The second kappa shape index (κ2) is 9.39. The quantitative estimate of drug-likeness (QED) is 0.798. The van der Waals surface area contributed by atoms with Crippen LogP contribution in [0, 0.1) is 0 Å². The number of rotatable bonds is 6. The molecule has 0 aliphatic carbocycles. The van der Waals surface area contributed by atoms with Gasteiger partial charge in [-0.2, -0.15) is 0 Å². The molecule has 0 radical (unpaired) electrons. The Morgan fingerprint density at radius 1 is 1.24 bits per heavy atom. The smallest absolute Gasteiger partial charge is 0.321 e. The molecule has 25 heavy (non-hydrogen) atoms. The van der Waals surface area contributed by atoms with E-state index in [4.69, 9.17) is 9.47 Å². The Morgan fingerprint density at radius 3 is 2.60 bits per heavy atom. The number of amides is 3. The maximum Gasteiger partial charge on any atom is 0.321 e. The van der Waals surface area contributed by atoms with E-state index in [9.17, 15) is 9.59 Å². The summed E-state index contributed by atoms with van der Waals surface area (Å²) in [4.78, 5) is 27.7. The van der Waals surface area contributed by atoms with E-state index in [1.54, 1.807) is 50.4 Å². The Morgan fingerprint density at radius 2 is 1.96 bits per heavy atom. The molecular formula is C18H27N3O4. The van der Waals surface area contributed by atoms with Crippen molar-refractivity contribution in [3.05, 3.63) is 29.8 Å². The van der Waals surface area contributed by atoms with Crippen LogP contribution in [0.25, 0.3) is 0 Å². The third kappa shape index (κ3) is 5.72. The lowest BCUT2D eigenvalue weighted by Gasteiger charge is -2.32. The van der Waals surface area contributed by atoms with Crippen molar-refractivity contribution in [1.82, 2.24) is 9.80 Å². The molecule has 3 amide bonds. The largest absolute Gasteiger partial charge is 0.382 e. The van der Waals surface area contributed by atoms with Crippen LogP contribution in [0.5, 0.6) is 0 Å². The van der Waals surface area contributed by atoms with E-state index < -0.39 is 0 Å². The third-order valence-electron chi connectivity index (χ3n) is 4.14. The first-order valence-electron chi connectivity index (χ1n) is 8.49. The van der Waals surface area contributed by atoms with Crippen molar-refractivity contribution in [2.24, 2.45) is 0 Å². The van der Waals surface area contributed by atoms with Gasteiger partial charge in [0.2, 0.25) is 0 Å². The topological polar surface area (TPSA) is 71.1 Å². The standard InChI is InChI=1S/C18H27N3O4/c1-20(2)17(22)14-5-4-6-15(13-14)19-18(23)21-9-7-16(8-10-21)25-12-11-24-3/h4-6,13,16H,7-12H2,1-3H3,(H,19,23). The summed E-state index contributed by atoms with van der Waals surface area (Å²) in [6, 6.07) is 6.83. The number of likely N-dealkylation sites (tertiary alicyclic amines) is 1. The van der Waals surface area contributed by atoms with Gasteiger partial charge in [0.25, 0.3) is 5.91 Å². The minimum atomic E-state index is -0.148. The second-order valence-corrected chi connectivity index (χ2v) is 6.26. The molecule has 0 saturated carbocycles. The Kier molecular flexibility index (Phi) is 7.21. The number of piperidine rings is 1. The molecule has 1 saturated heterocycles. The van der Waals surface area contributed by atoms with Crippen molar-refractivity contribution < 1.29 is 19.1 Å². The molecule has 1 N–H and O–H groups in total. The molecule has 1 aromatic rings. The SMILES string of the molecule is COCCOC1CCN(C(=O)Nc2cccc(C(=O)N(C)C)c2)CC1. The van der Waals surface area contributed by atoms with E-state index in [1.165, 1.54) is 4.90 Å². The molecule has 138 valence electrons. The number of urea groups is 1. The number of nitrogens with zero attached hydrogens (tertiary/aromatic N) is 2. The van der Waals surface area contributed by atoms with Crippen molar-refractivity contribution in [2.45, 2.75) is 18.9 Å². The highest BCUT2D eigenvalue weighted by Gasteiger charge is 2.23. The maximum absolute atomic E-state index is 12.4. The summed E-state index contributed by atoms with van der Waals surface area (Å²) in [5.74, 6) is -0.0925. The van der Waals surface area contributed by atoms with Crippen LogP contribution in [0.15, 0.2) is 24.3 Å². The summed E-state index contributed by atoms with van der Waals surface area (Å²) in [5, 5.41) is 2.87. The average Bonchev–Trinajstić information content (AvgIpc) is 2.62. The number of nitrogens with one attached hydrogen (secondary N) is 1. The molecular weight excluding hydrogens is 322 g/mol. The van der Waals surface area contributed by atoms with Crippen LogP contribution in [-0.2, 0) is 9.47 Å². The molecule has 0 atom stereocenters. The molecule has 0 aromatic heterocycles. The van der Waals surface area contributed by atoms with Gasteiger partial charge in [-0.1, -0.05) is 6.07 Å². The van der Waals surface area contributed by atoms with Crippen LogP contribution in [0.3, 0.4) is 0 Å². The summed E-state index contributed by atoms with van der Waals surface area (Å²) in [5.41, 5.74) is 1.17. The number of carbonyl (C=O) groups is 2. The third-order valence-corrected chi connectivity index (χ3v) is 4.14. The summed E-state index contributed by atoms with van der Waals surface area (Å²) in [6.45, 7) is 2.47. The fourth-order valence-electron chi connectivity index (χ4n) is 2.71. The summed E-state index contributed by atoms with van der Waals surface area (Å²) >= 11 is 0. The maximum atomic E-state index is 12.4. The van der Waals surface area contributed by atoms with Gasteiger partial charge in [-0.15, -0.1) is 0 Å². The van der Waals surface area contributed by atoms with Crippen molar-refractivity contribution >= 4 is 17.6 Å². The molecule has 1 fully saturated rings. The number of hydrogen-bond donors (Lipinski definition) is 1. The molecule has 2 rings (SSSR count). The predicted octanol–water partition coefficient (Wildman–Crippen LogP) is 2.05. The van der Waals surface area contributed by atoms with E-state index in [1.807, 2.05) is 0 Å². The highest BCUT2D eigenvalue weighted by molar-refractivity contribution is 5.96. The Hall–Kier alpha value is -2.12. The average molecular weight is 349 g/mol. The van der Waals surface area contributed by atoms with E-state index in [-0.39, 0.29) is 18.0 Å². The van der Waals surface area contributed by atoms with Crippen LogP contribution in [0.2, 0.25) is 0 Å². The van der Waals surface area contributed by atoms with Crippen LogP contribution >= 0.6 is 0 Å². The van der Waals surface area contributed by atoms with Crippen LogP contribution < -0.4 is 5.32 Å². The Bertz CT molecular complexity index is 583. The molecule has 1 aromatic carbocycles. The van der Waals surface area contributed by atoms with E-state index in [0.717, 1.165) is 12.8 Å². The molecule has 1 aliphatic rings. The van der Waals surface area contributed by atoms with Gasteiger partial charge in [-0.3, -0.25) is 4.79 Å². The number of hydrogen-bond acceptors (Lipinski definition) is 4. The van der Waals surface area contributed by atoms with Gasteiger partial charge in [-0.05, 0) is 31.0 Å². The highest BCUT2D eigenvalue weighted by Crippen LogP contribution is 2.17. The zero-order valence-corrected chi connectivity index (χ0v) is 15.2. The van der Waals surface area contributed by atoms with Gasteiger partial charge >= 0.3 is 6.03 Å². The van der Waals surface area contributed by atoms with Gasteiger partial charge in [0.05, 0.1) is 19.3 Å². The first-order chi connectivity index (χ1) is 12.0. The number of carbonyl (C=O) groups excluding carboxylic acids is 2. The minimum Gasteiger partial charge on any atom is -0.382 e. The molecule has 0 spiro atoms. The Labute approximate surface area is 148 Å². The lowest BCUT2D eigenvalue weighted by molar-refractivity contribution is -0.00851. The van der Waals surface area contributed by atoms with Crippen molar-refractivity contribution in [3.8, 4) is 0 Å². The lowest BCUT2D eigenvalue weighted by Crippen LogP contribution is -2.43. The number of anilines is 1. The highest BCUT2D eigenvalue weighted by atomic mass is 16.5. The van der Waals surface area contributed by atoms with Gasteiger partial charge in [0.1, 0.15) is 0 Å². The van der Waals surface area contributed by atoms with Gasteiger partial charge in [0, 0.05) is 45.5 Å². The van der Waals surface area contributed by atoms with E-state index in [2.05, 4.69) is 5.32 Å². The van der Waals surface area contributed by atoms with Gasteiger partial charge in [-0.25, -0.2) is 4.79 Å². The summed E-state index contributed by atoms with van der Waals surface area (Å²) in [7, 11) is 5.05. The lowest BCUT2D eigenvalue weighted by atomic mass is 10.1. The molecule has 1 heterocycles. The monoisotopic (exact) mass is 349 g/mol. The van der Waals surface area contributed by atoms with Gasteiger partial charge < -0.3 is 24.6 Å². The molecule has 0 unspecified atom stereocenters. The summed E-state index contributed by atoms with van der Waals surface area (Å²) in [6.07, 6.45) is 1.81. The Balaban J connectivity index is 1.85. The molecule has 1 aliphatic heterocycles. The molecule has 7 heteroatoms. The normalized spacial score (nSPS) is 15.1. The van der Waals surface area contributed by atoms with Crippen LogP contribution in [-0.4, -0.2) is 75.4 Å². The summed E-state index contributed by atoms with van der Waals surface area (Å²) < 4.78 is 10.7. The van der Waals surface area contributed by atoms with Crippen LogP contribution in [0.4, 0.5) is 10.5 Å². The fraction of sp³-hybridized carbons (Fsp3) is 0.556. The van der Waals surface area contributed by atoms with E-state index >= 15 is 0 Å². The second-order valence-electron chi connectivity index (χ2n) is 6.26. The van der Waals surface area contributed by atoms with Crippen molar-refractivity contribution in [2.75, 3.05) is 52.8 Å². The zero-order valence-electron chi connectivity index (χ0n) is 15.2. The predicted molar refractivity (Wildman–Crippen MR) is 95.9 cm³/mol. The van der Waals surface area contributed by atoms with Gasteiger partial charge in [0.15, 0.2) is 0 Å². The first-order valence-corrected chi connectivity index (χ1v) is 8.49. The molecule has 0 bridgehead atoms. The van der Waals surface area contributed by atoms with E-state index in [0.29, 0.717) is 37.6 Å². The number of methoxy groups -OCH3 is 1. The minimum absolute atomic E-state index is 0.0925. The van der Waals surface area contributed by atoms with Crippen molar-refractivity contribution in [1.29, 1.82) is 0 Å². The van der Waals surface area contributed by atoms with Crippen LogP contribution in [0.1, 0.15) is 23.2 Å². The number of benzene rings is 1. The number of ether oxygens (including phenoxy) is 2. The van der Waals surface area contributed by atoms with Crippen molar-refractivity contribution in [3.63, 3.8) is 0 Å². The fourth-order valence-corrected chi connectivity index (χ4v) is 2.71. The zero-order chi connectivity index (χ0) is 18.2. The first kappa shape index (κ1) is 19.2. The molecule has 7 nitrogen and oxygen atoms in total.